The number of primary amides is 1. The molecular formula is C9H13ClN4O. The molecule has 0 radical (unpaired) electrons. The molecule has 82 valence electrons. The molecule has 0 aliphatic rings. The molecule has 5 nitrogen and oxygen atoms in total. The number of anilines is 1. The van der Waals surface area contributed by atoms with Crippen LogP contribution in [0.15, 0.2) is 12.4 Å². The Balaban J connectivity index is 2.17. The second-order valence-corrected chi connectivity index (χ2v) is 3.46. The van der Waals surface area contributed by atoms with Gasteiger partial charge in [0.05, 0.1) is 12.4 Å². The van der Waals surface area contributed by atoms with Crippen molar-refractivity contribution in [2.24, 2.45) is 5.73 Å². The zero-order valence-electron chi connectivity index (χ0n) is 8.24. The Morgan fingerprint density at radius 1 is 1.47 bits per heavy atom. The van der Waals surface area contributed by atoms with Crippen LogP contribution in [0.4, 0.5) is 5.82 Å². The van der Waals surface area contributed by atoms with Crippen LogP contribution in [0.1, 0.15) is 19.3 Å². The number of nitrogens with one attached hydrogen (secondary N) is 1. The van der Waals surface area contributed by atoms with Gasteiger partial charge in [-0.2, -0.15) is 0 Å². The molecule has 0 unspecified atom stereocenters. The van der Waals surface area contributed by atoms with Gasteiger partial charge in [0.15, 0.2) is 0 Å². The van der Waals surface area contributed by atoms with Crippen molar-refractivity contribution in [2.75, 3.05) is 11.9 Å². The second-order valence-electron chi connectivity index (χ2n) is 3.08. The van der Waals surface area contributed by atoms with E-state index in [1.807, 2.05) is 0 Å². The third kappa shape index (κ3) is 5.17. The van der Waals surface area contributed by atoms with Gasteiger partial charge in [-0.1, -0.05) is 11.6 Å². The molecule has 0 aromatic carbocycles. The molecule has 15 heavy (non-hydrogen) atoms. The molecule has 0 saturated carbocycles. The lowest BCUT2D eigenvalue weighted by atomic mass is 10.2. The van der Waals surface area contributed by atoms with Crippen LogP contribution in [0.25, 0.3) is 0 Å². The smallest absolute Gasteiger partial charge is 0.217 e. The van der Waals surface area contributed by atoms with Crippen LogP contribution in [0, 0.1) is 0 Å². The van der Waals surface area contributed by atoms with Gasteiger partial charge in [-0.15, -0.1) is 0 Å². The lowest BCUT2D eigenvalue weighted by Crippen LogP contribution is -2.11. The minimum absolute atomic E-state index is 0.266. The maximum Gasteiger partial charge on any atom is 0.217 e. The molecule has 1 amide bonds. The summed E-state index contributed by atoms with van der Waals surface area (Å²) in [5.74, 6) is 0.374. The zero-order valence-corrected chi connectivity index (χ0v) is 9.00. The predicted molar refractivity (Wildman–Crippen MR) is 58.6 cm³/mol. The SMILES string of the molecule is NC(=O)CCCCNc1cncc(Cl)n1. The normalized spacial score (nSPS) is 9.93. The summed E-state index contributed by atoms with van der Waals surface area (Å²) in [6.45, 7) is 0.725. The van der Waals surface area contributed by atoms with Crippen molar-refractivity contribution in [1.82, 2.24) is 9.97 Å². The molecule has 1 aromatic heterocycles. The van der Waals surface area contributed by atoms with E-state index in [1.54, 1.807) is 6.20 Å². The Kier molecular flexibility index (Phi) is 4.83. The topological polar surface area (TPSA) is 80.9 Å². The van der Waals surface area contributed by atoms with Crippen molar-refractivity contribution in [3.05, 3.63) is 17.5 Å². The van der Waals surface area contributed by atoms with E-state index in [2.05, 4.69) is 15.3 Å². The van der Waals surface area contributed by atoms with Gasteiger partial charge < -0.3 is 11.1 Å². The van der Waals surface area contributed by atoms with Crippen LogP contribution in [0.5, 0.6) is 0 Å². The average molecular weight is 229 g/mol. The molecule has 0 saturated heterocycles. The predicted octanol–water partition coefficient (Wildman–Crippen LogP) is 1.20. The van der Waals surface area contributed by atoms with E-state index in [0.717, 1.165) is 19.4 Å². The lowest BCUT2D eigenvalue weighted by molar-refractivity contribution is -0.118. The maximum atomic E-state index is 10.4. The summed E-state index contributed by atoms with van der Waals surface area (Å²) in [7, 11) is 0. The van der Waals surface area contributed by atoms with Gasteiger partial charge in [-0.05, 0) is 12.8 Å². The van der Waals surface area contributed by atoms with Crippen LogP contribution >= 0.6 is 11.6 Å². The fraction of sp³-hybridized carbons (Fsp3) is 0.444. The summed E-state index contributed by atoms with van der Waals surface area (Å²) < 4.78 is 0. The largest absolute Gasteiger partial charge is 0.370 e. The first-order chi connectivity index (χ1) is 7.18. The lowest BCUT2D eigenvalue weighted by Gasteiger charge is -2.03. The van der Waals surface area contributed by atoms with Crippen molar-refractivity contribution < 1.29 is 4.79 Å². The minimum atomic E-state index is -0.266. The molecule has 0 bridgehead atoms. The summed E-state index contributed by atoms with van der Waals surface area (Å²) in [6, 6.07) is 0. The third-order valence-corrected chi connectivity index (χ3v) is 1.94. The highest BCUT2D eigenvalue weighted by Gasteiger charge is 1.97. The quantitative estimate of drug-likeness (QED) is 0.717. The monoisotopic (exact) mass is 228 g/mol. The second kappa shape index (κ2) is 6.19. The van der Waals surface area contributed by atoms with Crippen molar-refractivity contribution in [2.45, 2.75) is 19.3 Å². The third-order valence-electron chi connectivity index (χ3n) is 1.76. The highest BCUT2D eigenvalue weighted by Crippen LogP contribution is 2.06. The summed E-state index contributed by atoms with van der Waals surface area (Å²) in [6.07, 6.45) is 5.12. The summed E-state index contributed by atoms with van der Waals surface area (Å²) in [4.78, 5) is 18.3. The molecule has 1 rings (SSSR count). The number of carbonyl (C=O) groups excluding carboxylic acids is 1. The molecule has 0 aliphatic heterocycles. The number of rotatable bonds is 6. The standard InChI is InChI=1S/C9H13ClN4O/c10-7-5-12-6-9(14-7)13-4-2-1-3-8(11)15/h5-6H,1-4H2,(H2,11,15)(H,13,14). The first kappa shape index (κ1) is 11.7. The summed E-state index contributed by atoms with van der Waals surface area (Å²) >= 11 is 5.65. The van der Waals surface area contributed by atoms with Crippen molar-refractivity contribution in [1.29, 1.82) is 0 Å². The van der Waals surface area contributed by atoms with E-state index >= 15 is 0 Å². The molecule has 3 N–H and O–H groups in total. The molecule has 1 aromatic rings. The first-order valence-corrected chi connectivity index (χ1v) is 5.06. The van der Waals surface area contributed by atoms with Gasteiger partial charge in [-0.3, -0.25) is 9.78 Å². The van der Waals surface area contributed by atoms with Gasteiger partial charge in [0.2, 0.25) is 5.91 Å². The number of nitrogens with zero attached hydrogens (tertiary/aromatic N) is 2. The first-order valence-electron chi connectivity index (χ1n) is 4.68. The van der Waals surface area contributed by atoms with E-state index in [4.69, 9.17) is 17.3 Å². The number of nitrogens with two attached hydrogens (primary N) is 1. The van der Waals surface area contributed by atoms with Gasteiger partial charge in [0, 0.05) is 13.0 Å². The van der Waals surface area contributed by atoms with E-state index in [0.29, 0.717) is 17.4 Å². The number of hydrogen-bond donors (Lipinski definition) is 2. The number of halogens is 1. The summed E-state index contributed by atoms with van der Waals surface area (Å²) in [5.41, 5.74) is 5.01. The van der Waals surface area contributed by atoms with Gasteiger partial charge in [0.1, 0.15) is 11.0 Å². The van der Waals surface area contributed by atoms with E-state index < -0.39 is 0 Å². The fourth-order valence-corrected chi connectivity index (χ4v) is 1.22. The fourth-order valence-electron chi connectivity index (χ4n) is 1.07. The molecular weight excluding hydrogens is 216 g/mol. The molecule has 0 spiro atoms. The van der Waals surface area contributed by atoms with Crippen LogP contribution in [-0.2, 0) is 4.79 Å². The van der Waals surface area contributed by atoms with Crippen LogP contribution in [0.3, 0.4) is 0 Å². The number of carbonyl (C=O) groups is 1. The summed E-state index contributed by atoms with van der Waals surface area (Å²) in [5, 5.41) is 3.41. The van der Waals surface area contributed by atoms with Crippen molar-refractivity contribution in [3.8, 4) is 0 Å². The Morgan fingerprint density at radius 3 is 2.93 bits per heavy atom. The Labute approximate surface area is 93.0 Å². The average Bonchev–Trinajstić information content (AvgIpc) is 2.17. The van der Waals surface area contributed by atoms with Gasteiger partial charge in [0.25, 0.3) is 0 Å². The van der Waals surface area contributed by atoms with Gasteiger partial charge in [-0.25, -0.2) is 4.98 Å². The highest BCUT2D eigenvalue weighted by atomic mass is 35.5. The zero-order chi connectivity index (χ0) is 11.1. The Bertz CT molecular complexity index is 332. The Hall–Kier alpha value is -1.36. The number of aromatic nitrogens is 2. The minimum Gasteiger partial charge on any atom is -0.370 e. The number of hydrogen-bond acceptors (Lipinski definition) is 4. The molecule has 1 heterocycles. The molecule has 0 atom stereocenters. The van der Waals surface area contributed by atoms with Crippen molar-refractivity contribution >= 4 is 23.3 Å². The van der Waals surface area contributed by atoms with E-state index in [-0.39, 0.29) is 5.91 Å². The maximum absolute atomic E-state index is 10.4. The molecule has 0 fully saturated rings. The van der Waals surface area contributed by atoms with Gasteiger partial charge >= 0.3 is 0 Å². The Morgan fingerprint density at radius 2 is 2.27 bits per heavy atom. The number of unbranched alkanes of at least 4 members (excludes halogenated alkanes) is 1. The molecule has 6 heteroatoms. The molecule has 0 aliphatic carbocycles. The van der Waals surface area contributed by atoms with Crippen LogP contribution in [-0.4, -0.2) is 22.4 Å². The number of amides is 1. The van der Waals surface area contributed by atoms with E-state index in [9.17, 15) is 4.79 Å². The van der Waals surface area contributed by atoms with Crippen LogP contribution in [0.2, 0.25) is 5.15 Å². The van der Waals surface area contributed by atoms with Crippen LogP contribution < -0.4 is 11.1 Å². The van der Waals surface area contributed by atoms with Crippen molar-refractivity contribution in [3.63, 3.8) is 0 Å². The van der Waals surface area contributed by atoms with E-state index in [1.165, 1.54) is 6.20 Å². The highest BCUT2D eigenvalue weighted by molar-refractivity contribution is 6.29.